The highest BCUT2D eigenvalue weighted by Gasteiger charge is 1.91. The number of unbranched alkanes of at least 4 members (excludes halogenated alkanes) is 11. The van der Waals surface area contributed by atoms with Crippen molar-refractivity contribution in [3.63, 3.8) is 0 Å². The second-order valence-corrected chi connectivity index (χ2v) is 5.16. The topological polar surface area (TPSA) is 0 Å². The van der Waals surface area contributed by atoms with E-state index >= 15 is 0 Å². The van der Waals surface area contributed by atoms with Crippen LogP contribution in [0.2, 0.25) is 0 Å². The van der Waals surface area contributed by atoms with Gasteiger partial charge in [-0.05, 0) is 25.7 Å². The van der Waals surface area contributed by atoms with Crippen LogP contribution in [0.5, 0.6) is 0 Å². The van der Waals surface area contributed by atoms with Crippen LogP contribution in [0.3, 0.4) is 0 Å². The Morgan fingerprint density at radius 2 is 1.06 bits per heavy atom. The van der Waals surface area contributed by atoms with Gasteiger partial charge in [0.25, 0.3) is 0 Å². The molecular formula is C18H33. The third-order valence-electron chi connectivity index (χ3n) is 3.32. The first kappa shape index (κ1) is 17.5. The quantitative estimate of drug-likeness (QED) is 0.239. The molecule has 0 nitrogen and oxygen atoms in total. The molecule has 0 spiro atoms. The monoisotopic (exact) mass is 249 g/mol. The molecule has 0 unspecified atom stereocenters. The van der Waals surface area contributed by atoms with Crippen molar-refractivity contribution in [2.24, 2.45) is 0 Å². The second-order valence-electron chi connectivity index (χ2n) is 5.16. The highest BCUT2D eigenvalue weighted by Crippen LogP contribution is 2.11. The van der Waals surface area contributed by atoms with Crippen molar-refractivity contribution in [3.05, 3.63) is 31.7 Å². The Morgan fingerprint density at radius 3 is 1.61 bits per heavy atom. The molecular weight excluding hydrogens is 216 g/mol. The van der Waals surface area contributed by atoms with E-state index in [0.29, 0.717) is 0 Å². The minimum Gasteiger partial charge on any atom is -0.103 e. The van der Waals surface area contributed by atoms with Crippen LogP contribution in [-0.2, 0) is 0 Å². The van der Waals surface area contributed by atoms with Crippen molar-refractivity contribution >= 4 is 0 Å². The van der Waals surface area contributed by atoms with Crippen LogP contribution >= 0.6 is 0 Å². The lowest BCUT2D eigenvalue weighted by molar-refractivity contribution is 0.561. The van der Waals surface area contributed by atoms with Crippen molar-refractivity contribution in [1.29, 1.82) is 0 Å². The minimum atomic E-state index is 1.11. The molecule has 0 fully saturated rings. The maximum absolute atomic E-state index is 3.87. The molecule has 0 aliphatic carbocycles. The smallest absolute Gasteiger partial charge is 0.0316 e. The maximum Gasteiger partial charge on any atom is -0.0316 e. The summed E-state index contributed by atoms with van der Waals surface area (Å²) in [5, 5.41) is 0. The maximum atomic E-state index is 3.87. The van der Waals surface area contributed by atoms with Crippen LogP contribution in [0, 0.1) is 6.92 Å². The van der Waals surface area contributed by atoms with E-state index in [1.807, 2.05) is 6.08 Å². The molecule has 0 amide bonds. The molecule has 0 aromatic carbocycles. The number of hydrogen-bond acceptors (Lipinski definition) is 0. The van der Waals surface area contributed by atoms with E-state index in [2.05, 4.69) is 25.7 Å². The lowest BCUT2D eigenvalue weighted by Crippen LogP contribution is -1.81. The Kier molecular flexibility index (Phi) is 16.0. The molecule has 0 atom stereocenters. The van der Waals surface area contributed by atoms with Gasteiger partial charge in [0.05, 0.1) is 0 Å². The predicted octanol–water partition coefficient (Wildman–Crippen LogP) is 6.63. The number of rotatable bonds is 14. The fourth-order valence-electron chi connectivity index (χ4n) is 2.13. The number of allylic oxidation sites excluding steroid dienone is 3. The van der Waals surface area contributed by atoms with Gasteiger partial charge in [-0.15, -0.1) is 6.58 Å². The Morgan fingerprint density at radius 1 is 0.556 bits per heavy atom. The fourth-order valence-corrected chi connectivity index (χ4v) is 2.13. The van der Waals surface area contributed by atoms with Crippen molar-refractivity contribution in [1.82, 2.24) is 0 Å². The molecule has 0 aliphatic rings. The fraction of sp³-hybridized carbons (Fsp3) is 0.722. The van der Waals surface area contributed by atoms with Gasteiger partial charge in [0.15, 0.2) is 0 Å². The average Bonchev–Trinajstić information content (AvgIpc) is 2.39. The van der Waals surface area contributed by atoms with E-state index in [9.17, 15) is 0 Å². The summed E-state index contributed by atoms with van der Waals surface area (Å²) in [5.74, 6) is 0. The standard InChI is InChI=1S/C18H33/c1-3-5-7-9-11-13-15-17-18-16-14-12-10-8-6-4-2/h3,9,11H,1-2,4-8,10,12-18H2. The van der Waals surface area contributed by atoms with E-state index < -0.39 is 0 Å². The normalized spacial score (nSPS) is 11.2. The third kappa shape index (κ3) is 15.5. The van der Waals surface area contributed by atoms with Gasteiger partial charge in [0, 0.05) is 0 Å². The van der Waals surface area contributed by atoms with Gasteiger partial charge in [-0.2, -0.15) is 0 Å². The molecule has 0 saturated heterocycles. The predicted molar refractivity (Wildman–Crippen MR) is 84.7 cm³/mol. The van der Waals surface area contributed by atoms with E-state index in [1.54, 1.807) is 0 Å². The molecule has 0 aromatic rings. The molecule has 0 bridgehead atoms. The zero-order valence-electron chi connectivity index (χ0n) is 12.3. The van der Waals surface area contributed by atoms with Crippen molar-refractivity contribution in [3.8, 4) is 0 Å². The summed E-state index contributed by atoms with van der Waals surface area (Å²) in [4.78, 5) is 0. The van der Waals surface area contributed by atoms with Gasteiger partial charge >= 0.3 is 0 Å². The van der Waals surface area contributed by atoms with Crippen LogP contribution < -0.4 is 0 Å². The average molecular weight is 249 g/mol. The second kappa shape index (κ2) is 16.5. The highest BCUT2D eigenvalue weighted by molar-refractivity contribution is 4.84. The van der Waals surface area contributed by atoms with E-state index in [0.717, 1.165) is 19.3 Å². The summed E-state index contributed by atoms with van der Waals surface area (Å²) >= 11 is 0. The van der Waals surface area contributed by atoms with Crippen LogP contribution in [0.15, 0.2) is 24.8 Å². The van der Waals surface area contributed by atoms with Crippen LogP contribution in [-0.4, -0.2) is 0 Å². The van der Waals surface area contributed by atoms with E-state index in [-0.39, 0.29) is 0 Å². The molecule has 18 heavy (non-hydrogen) atoms. The summed E-state index contributed by atoms with van der Waals surface area (Å²) in [6, 6.07) is 0. The lowest BCUT2D eigenvalue weighted by Gasteiger charge is -2.01. The SMILES string of the molecule is [CH2]CCCCCCCCCCCC=CCCC=C. The molecule has 105 valence electrons. The van der Waals surface area contributed by atoms with Crippen LogP contribution in [0.1, 0.15) is 83.5 Å². The Labute approximate surface area is 116 Å². The summed E-state index contributed by atoms with van der Waals surface area (Å²) in [6.45, 7) is 7.60. The first-order chi connectivity index (χ1) is 8.91. The Bertz CT molecular complexity index is 178. The third-order valence-corrected chi connectivity index (χ3v) is 3.32. The summed E-state index contributed by atoms with van der Waals surface area (Å²) < 4.78 is 0. The van der Waals surface area contributed by atoms with E-state index in [1.165, 1.54) is 64.2 Å². The molecule has 0 N–H and O–H groups in total. The summed E-state index contributed by atoms with van der Waals surface area (Å²) in [5.41, 5.74) is 0. The van der Waals surface area contributed by atoms with Gasteiger partial charge in [-0.25, -0.2) is 0 Å². The molecule has 0 heterocycles. The van der Waals surface area contributed by atoms with Crippen molar-refractivity contribution in [2.45, 2.75) is 83.5 Å². The molecule has 1 radical (unpaired) electrons. The summed E-state index contributed by atoms with van der Waals surface area (Å²) in [7, 11) is 0. The summed E-state index contributed by atoms with van der Waals surface area (Å²) in [6.07, 6.45) is 23.9. The zero-order valence-corrected chi connectivity index (χ0v) is 12.3. The lowest BCUT2D eigenvalue weighted by atomic mass is 10.1. The van der Waals surface area contributed by atoms with Gasteiger partial charge in [0.1, 0.15) is 0 Å². The first-order valence-electron chi connectivity index (χ1n) is 7.97. The van der Waals surface area contributed by atoms with E-state index in [4.69, 9.17) is 0 Å². The molecule has 0 aliphatic heterocycles. The van der Waals surface area contributed by atoms with Gasteiger partial charge in [0.2, 0.25) is 0 Å². The van der Waals surface area contributed by atoms with Gasteiger partial charge < -0.3 is 0 Å². The van der Waals surface area contributed by atoms with Crippen LogP contribution in [0.25, 0.3) is 0 Å². The van der Waals surface area contributed by atoms with Crippen molar-refractivity contribution < 1.29 is 0 Å². The van der Waals surface area contributed by atoms with Crippen LogP contribution in [0.4, 0.5) is 0 Å². The first-order valence-corrected chi connectivity index (χ1v) is 7.97. The highest BCUT2D eigenvalue weighted by atomic mass is 14.0. The minimum absolute atomic E-state index is 1.11. The molecule has 0 saturated carbocycles. The molecule has 0 aromatic heterocycles. The molecule has 0 rings (SSSR count). The zero-order chi connectivity index (χ0) is 13.3. The van der Waals surface area contributed by atoms with Gasteiger partial charge in [-0.1, -0.05) is 82.9 Å². The largest absolute Gasteiger partial charge is 0.103 e. The molecule has 0 heteroatoms. The van der Waals surface area contributed by atoms with Gasteiger partial charge in [-0.3, -0.25) is 0 Å². The number of hydrogen-bond donors (Lipinski definition) is 0. The Hall–Kier alpha value is -0.520. The Balaban J connectivity index is 2.98. The van der Waals surface area contributed by atoms with Crippen molar-refractivity contribution in [2.75, 3.05) is 0 Å².